The second-order valence-corrected chi connectivity index (χ2v) is 4.80. The van der Waals surface area contributed by atoms with Gasteiger partial charge in [0, 0.05) is 25.4 Å². The van der Waals surface area contributed by atoms with Crippen LogP contribution in [0.1, 0.15) is 19.3 Å². The Morgan fingerprint density at radius 2 is 2.05 bits per heavy atom. The maximum absolute atomic E-state index is 11.3. The first-order valence-corrected chi connectivity index (χ1v) is 6.73. The molecular weight excluding hydrogens is 252 g/mol. The predicted molar refractivity (Wildman–Crippen MR) is 79.9 cm³/mol. The molecule has 4 heteroatoms. The molecule has 0 radical (unpaired) electrons. The number of para-hydroxylation sites is 1. The summed E-state index contributed by atoms with van der Waals surface area (Å²) in [6, 6.07) is 12.0. The maximum Gasteiger partial charge on any atom is 0.140 e. The van der Waals surface area contributed by atoms with Crippen LogP contribution in [0, 0.1) is 0 Å². The Labute approximate surface area is 118 Å². The van der Waals surface area contributed by atoms with E-state index in [1.54, 1.807) is 0 Å². The molecule has 20 heavy (non-hydrogen) atoms. The van der Waals surface area contributed by atoms with Crippen molar-refractivity contribution in [3.8, 4) is 0 Å². The summed E-state index contributed by atoms with van der Waals surface area (Å²) in [4.78, 5) is 28.1. The van der Waals surface area contributed by atoms with E-state index in [0.29, 0.717) is 12.7 Å². The molecule has 4 nitrogen and oxygen atoms in total. The topological polar surface area (TPSA) is 50.3 Å². The van der Waals surface area contributed by atoms with Crippen molar-refractivity contribution >= 4 is 28.8 Å². The number of benzene rings is 1. The van der Waals surface area contributed by atoms with Gasteiger partial charge in [0.05, 0.1) is 11.9 Å². The number of hydrogen-bond acceptors (Lipinski definition) is 4. The average molecular weight is 270 g/mol. The van der Waals surface area contributed by atoms with Crippen LogP contribution < -0.4 is 4.90 Å². The molecule has 2 aromatic rings. The van der Waals surface area contributed by atoms with Gasteiger partial charge in [-0.25, -0.2) is 4.98 Å². The second kappa shape index (κ2) is 6.80. The summed E-state index contributed by atoms with van der Waals surface area (Å²) in [5, 5.41) is 1.12. The molecule has 0 aliphatic carbocycles. The number of ketones is 1. The van der Waals surface area contributed by atoms with Crippen molar-refractivity contribution in [3.05, 3.63) is 36.4 Å². The van der Waals surface area contributed by atoms with E-state index >= 15 is 0 Å². The summed E-state index contributed by atoms with van der Waals surface area (Å²) in [6.07, 6.45) is 1.86. The largest absolute Gasteiger partial charge is 0.360 e. The number of carbonyl (C=O) groups is 2. The molecule has 0 amide bonds. The third-order valence-corrected chi connectivity index (χ3v) is 3.23. The van der Waals surface area contributed by atoms with E-state index in [1.807, 2.05) is 48.3 Å². The van der Waals surface area contributed by atoms with E-state index in [0.717, 1.165) is 29.7 Å². The molecule has 0 bridgehead atoms. The monoisotopic (exact) mass is 270 g/mol. The fourth-order valence-corrected chi connectivity index (χ4v) is 2.09. The van der Waals surface area contributed by atoms with E-state index in [4.69, 9.17) is 0 Å². The van der Waals surface area contributed by atoms with Gasteiger partial charge in [-0.05, 0) is 24.6 Å². The highest BCUT2D eigenvalue weighted by atomic mass is 16.1. The molecule has 1 aromatic heterocycles. The van der Waals surface area contributed by atoms with Crippen LogP contribution in [0.15, 0.2) is 36.4 Å². The number of fused-ring (bicyclic) bond motifs is 1. The Hall–Kier alpha value is -2.23. The first-order chi connectivity index (χ1) is 9.70. The lowest BCUT2D eigenvalue weighted by atomic mass is 10.1. The number of Topliss-reactive ketones (excluding diaryl/α,β-unsaturated/α-hetero) is 1. The lowest BCUT2D eigenvalue weighted by molar-refractivity contribution is -0.122. The summed E-state index contributed by atoms with van der Waals surface area (Å²) in [5.41, 5.74) is 0.967. The van der Waals surface area contributed by atoms with Crippen molar-refractivity contribution < 1.29 is 9.59 Å². The zero-order valence-corrected chi connectivity index (χ0v) is 11.6. The fourth-order valence-electron chi connectivity index (χ4n) is 2.09. The van der Waals surface area contributed by atoms with Crippen LogP contribution in [0.5, 0.6) is 0 Å². The second-order valence-electron chi connectivity index (χ2n) is 4.80. The number of carbonyl (C=O) groups excluding carboxylic acids is 2. The molecule has 0 aliphatic rings. The van der Waals surface area contributed by atoms with Gasteiger partial charge in [0.1, 0.15) is 17.9 Å². The number of hydrogen-bond donors (Lipinski definition) is 0. The molecule has 2 rings (SSSR count). The predicted octanol–water partition coefficient (Wildman–Crippen LogP) is 2.61. The highest BCUT2D eigenvalue weighted by Gasteiger charge is 2.05. The lowest BCUT2D eigenvalue weighted by Gasteiger charge is -2.18. The number of aromatic nitrogens is 1. The van der Waals surface area contributed by atoms with Crippen molar-refractivity contribution in [1.82, 2.24) is 4.98 Å². The van der Waals surface area contributed by atoms with E-state index < -0.39 is 0 Å². The van der Waals surface area contributed by atoms with Crippen LogP contribution in [-0.4, -0.2) is 30.6 Å². The quantitative estimate of drug-likeness (QED) is 0.573. The van der Waals surface area contributed by atoms with Crippen molar-refractivity contribution in [2.75, 3.05) is 18.5 Å². The molecule has 104 valence electrons. The molecule has 0 N–H and O–H groups in total. The van der Waals surface area contributed by atoms with Gasteiger partial charge in [-0.2, -0.15) is 0 Å². The molecule has 0 unspecified atom stereocenters. The van der Waals surface area contributed by atoms with Crippen LogP contribution in [0.25, 0.3) is 10.9 Å². The number of pyridine rings is 1. The molecule has 0 saturated carbocycles. The summed E-state index contributed by atoms with van der Waals surface area (Å²) >= 11 is 0. The molecule has 0 saturated heterocycles. The average Bonchev–Trinajstić information content (AvgIpc) is 2.47. The Kier molecular flexibility index (Phi) is 4.82. The zero-order valence-electron chi connectivity index (χ0n) is 11.6. The number of anilines is 1. The summed E-state index contributed by atoms with van der Waals surface area (Å²) < 4.78 is 0. The maximum atomic E-state index is 11.3. The van der Waals surface area contributed by atoms with Gasteiger partial charge in [-0.1, -0.05) is 18.2 Å². The fraction of sp³-hybridized carbons (Fsp3) is 0.312. The Balaban J connectivity index is 1.95. The Bertz CT molecular complexity index is 610. The molecule has 1 aromatic carbocycles. The van der Waals surface area contributed by atoms with Gasteiger partial charge in [0.2, 0.25) is 0 Å². The van der Waals surface area contributed by atoms with Crippen LogP contribution in [0.4, 0.5) is 5.82 Å². The van der Waals surface area contributed by atoms with E-state index in [2.05, 4.69) is 4.98 Å². The smallest absolute Gasteiger partial charge is 0.140 e. The number of nitrogens with zero attached hydrogens (tertiary/aromatic N) is 2. The van der Waals surface area contributed by atoms with Gasteiger partial charge >= 0.3 is 0 Å². The summed E-state index contributed by atoms with van der Waals surface area (Å²) in [7, 11) is 1.96. The summed E-state index contributed by atoms with van der Waals surface area (Å²) in [6.45, 7) is 0.746. The molecule has 1 heterocycles. The standard InChI is InChI=1S/C16H18N2O2/c1-18(11-4-6-14(20)10-12-19)16-9-8-13-5-2-3-7-15(13)17-16/h2-3,5,7-9,12H,4,6,10-11H2,1H3. The van der Waals surface area contributed by atoms with Crippen molar-refractivity contribution in [2.45, 2.75) is 19.3 Å². The van der Waals surface area contributed by atoms with Gasteiger partial charge in [-0.3, -0.25) is 4.79 Å². The first kappa shape index (κ1) is 14.2. The van der Waals surface area contributed by atoms with Crippen LogP contribution in [0.2, 0.25) is 0 Å². The lowest BCUT2D eigenvalue weighted by Crippen LogP contribution is -2.20. The SMILES string of the molecule is CN(CCCC(=O)CC=O)c1ccc2ccccc2n1. The van der Waals surface area contributed by atoms with E-state index in [1.165, 1.54) is 0 Å². The molecular formula is C16H18N2O2. The Morgan fingerprint density at radius 3 is 2.85 bits per heavy atom. The van der Waals surface area contributed by atoms with E-state index in [-0.39, 0.29) is 12.2 Å². The van der Waals surface area contributed by atoms with Gasteiger partial charge in [0.25, 0.3) is 0 Å². The minimum atomic E-state index is -0.000120. The Morgan fingerprint density at radius 1 is 1.25 bits per heavy atom. The van der Waals surface area contributed by atoms with Gasteiger partial charge < -0.3 is 9.69 Å². The van der Waals surface area contributed by atoms with E-state index in [9.17, 15) is 9.59 Å². The number of aldehydes is 1. The minimum Gasteiger partial charge on any atom is -0.360 e. The third kappa shape index (κ3) is 3.63. The molecule has 0 atom stereocenters. The highest BCUT2D eigenvalue weighted by Crippen LogP contribution is 2.17. The normalized spacial score (nSPS) is 10.4. The third-order valence-electron chi connectivity index (χ3n) is 3.23. The first-order valence-electron chi connectivity index (χ1n) is 6.73. The van der Waals surface area contributed by atoms with Crippen LogP contribution in [-0.2, 0) is 9.59 Å². The summed E-state index contributed by atoms with van der Waals surface area (Å²) in [5.74, 6) is 0.895. The zero-order chi connectivity index (χ0) is 14.4. The highest BCUT2D eigenvalue weighted by molar-refractivity contribution is 5.89. The van der Waals surface area contributed by atoms with Crippen molar-refractivity contribution in [3.63, 3.8) is 0 Å². The van der Waals surface area contributed by atoms with Gasteiger partial charge in [-0.15, -0.1) is 0 Å². The molecule has 0 aliphatic heterocycles. The number of rotatable bonds is 7. The van der Waals surface area contributed by atoms with Gasteiger partial charge in [0.15, 0.2) is 0 Å². The van der Waals surface area contributed by atoms with Crippen LogP contribution >= 0.6 is 0 Å². The molecule has 0 spiro atoms. The minimum absolute atomic E-state index is 0.000120. The molecule has 0 fully saturated rings. The van der Waals surface area contributed by atoms with Crippen molar-refractivity contribution in [1.29, 1.82) is 0 Å². The van der Waals surface area contributed by atoms with Crippen molar-refractivity contribution in [2.24, 2.45) is 0 Å². The van der Waals surface area contributed by atoms with Crippen LogP contribution in [0.3, 0.4) is 0 Å².